The van der Waals surface area contributed by atoms with E-state index in [1.807, 2.05) is 86.6 Å². The van der Waals surface area contributed by atoms with Gasteiger partial charge in [0.05, 0.1) is 41.1 Å². The topological polar surface area (TPSA) is 162 Å². The molecule has 238 valence electrons. The van der Waals surface area contributed by atoms with Gasteiger partial charge in [0.2, 0.25) is 5.96 Å². The second-order valence-electron chi connectivity index (χ2n) is 11.0. The largest absolute Gasteiger partial charge is 0.349 e. The Hall–Kier alpha value is -7.17. The summed E-state index contributed by atoms with van der Waals surface area (Å²) in [6.07, 6.45) is 11.7. The third kappa shape index (κ3) is 9.19. The van der Waals surface area contributed by atoms with E-state index in [0.29, 0.717) is 35.5 Å². The minimum Gasteiger partial charge on any atom is -0.349 e. The summed E-state index contributed by atoms with van der Waals surface area (Å²) in [6, 6.07) is 29.9. The molecule has 0 amide bonds. The molecule has 9 heteroatoms. The third-order valence-electron chi connectivity index (χ3n) is 7.37. The highest BCUT2D eigenvalue weighted by molar-refractivity contribution is 5.89. The average Bonchev–Trinajstić information content (AvgIpc) is 3.50. The van der Waals surface area contributed by atoms with Crippen molar-refractivity contribution in [1.82, 2.24) is 9.80 Å². The number of rotatable bonds is 9. The van der Waals surface area contributed by atoms with Gasteiger partial charge >= 0.3 is 0 Å². The van der Waals surface area contributed by atoms with Crippen LogP contribution in [0.1, 0.15) is 24.0 Å². The van der Waals surface area contributed by atoms with Gasteiger partial charge in [0.1, 0.15) is 17.7 Å². The lowest BCUT2D eigenvalue weighted by atomic mass is 9.90. The SMILES string of the molecule is CN(C)C(=NC1=C(/C=C/C=C(\C#N)C(=C(C#N)C#N)c2ccccc2)CC\C1=C/C=C/C(C#N)=C(\c1ccccc1)C(C#N)C#N)N(C)C. The van der Waals surface area contributed by atoms with Crippen LogP contribution in [0, 0.1) is 73.9 Å². The van der Waals surface area contributed by atoms with Crippen molar-refractivity contribution in [2.45, 2.75) is 12.8 Å². The van der Waals surface area contributed by atoms with Crippen LogP contribution in [-0.4, -0.2) is 44.0 Å². The second-order valence-corrected chi connectivity index (χ2v) is 11.0. The molecule has 0 saturated carbocycles. The first kappa shape index (κ1) is 36.3. The highest BCUT2D eigenvalue weighted by atomic mass is 15.3. The van der Waals surface area contributed by atoms with Crippen molar-refractivity contribution < 1.29 is 0 Å². The third-order valence-corrected chi connectivity index (χ3v) is 7.37. The zero-order valence-corrected chi connectivity index (χ0v) is 27.8. The summed E-state index contributed by atoms with van der Waals surface area (Å²) in [5.41, 5.74) is 4.54. The molecule has 0 radical (unpaired) electrons. The molecule has 9 nitrogen and oxygen atoms in total. The first-order chi connectivity index (χ1) is 23.7. The van der Waals surface area contributed by atoms with Gasteiger partial charge in [-0.15, -0.1) is 0 Å². The number of hydrogen-bond acceptors (Lipinski definition) is 7. The number of benzene rings is 2. The molecule has 0 fully saturated rings. The predicted octanol–water partition coefficient (Wildman–Crippen LogP) is 7.14. The molecular formula is C40H33N9. The van der Waals surface area contributed by atoms with Crippen LogP contribution < -0.4 is 0 Å². The molecule has 0 aromatic heterocycles. The molecule has 0 heterocycles. The van der Waals surface area contributed by atoms with Crippen LogP contribution in [0.25, 0.3) is 11.1 Å². The second kappa shape index (κ2) is 18.1. The van der Waals surface area contributed by atoms with Gasteiger partial charge in [0.15, 0.2) is 5.92 Å². The number of guanidine groups is 1. The van der Waals surface area contributed by atoms with Crippen molar-refractivity contribution >= 4 is 17.1 Å². The Morgan fingerprint density at radius 2 is 1.33 bits per heavy atom. The van der Waals surface area contributed by atoms with Crippen LogP contribution in [0.3, 0.4) is 0 Å². The number of hydrogen-bond donors (Lipinski definition) is 0. The van der Waals surface area contributed by atoms with Crippen LogP contribution >= 0.6 is 0 Å². The zero-order chi connectivity index (χ0) is 35.8. The normalized spacial score (nSPS) is 13.9. The first-order valence-corrected chi connectivity index (χ1v) is 15.2. The van der Waals surface area contributed by atoms with Crippen LogP contribution in [0.5, 0.6) is 0 Å². The van der Waals surface area contributed by atoms with Gasteiger partial charge in [-0.05, 0) is 47.3 Å². The van der Waals surface area contributed by atoms with Crippen molar-refractivity contribution in [2.75, 3.05) is 28.2 Å². The Morgan fingerprint density at radius 1 is 0.735 bits per heavy atom. The first-order valence-electron chi connectivity index (χ1n) is 15.2. The minimum atomic E-state index is -1.12. The smallest absolute Gasteiger partial charge is 0.200 e. The summed E-state index contributed by atoms with van der Waals surface area (Å²) < 4.78 is 0. The summed E-state index contributed by atoms with van der Waals surface area (Å²) in [7, 11) is 7.57. The minimum absolute atomic E-state index is 0.159. The van der Waals surface area contributed by atoms with E-state index in [0.717, 1.165) is 16.8 Å². The molecule has 0 aliphatic heterocycles. The Morgan fingerprint density at radius 3 is 1.84 bits per heavy atom. The van der Waals surface area contributed by atoms with Gasteiger partial charge in [-0.1, -0.05) is 85.0 Å². The molecule has 49 heavy (non-hydrogen) atoms. The molecule has 1 aliphatic carbocycles. The van der Waals surface area contributed by atoms with Gasteiger partial charge in [-0.3, -0.25) is 0 Å². The lowest BCUT2D eigenvalue weighted by Gasteiger charge is -2.23. The van der Waals surface area contributed by atoms with Crippen LogP contribution in [0.2, 0.25) is 0 Å². The van der Waals surface area contributed by atoms with Gasteiger partial charge in [-0.2, -0.15) is 31.6 Å². The van der Waals surface area contributed by atoms with E-state index in [-0.39, 0.29) is 22.3 Å². The van der Waals surface area contributed by atoms with Crippen molar-refractivity contribution in [2.24, 2.45) is 10.9 Å². The maximum Gasteiger partial charge on any atom is 0.200 e. The maximum absolute atomic E-state index is 10.0. The lowest BCUT2D eigenvalue weighted by molar-refractivity contribution is 0.483. The van der Waals surface area contributed by atoms with Crippen LogP contribution in [0.15, 0.2) is 136 Å². The van der Waals surface area contributed by atoms with Crippen molar-refractivity contribution in [1.29, 1.82) is 31.6 Å². The standard InChI is InChI=1S/C40H33N9/c1-48(2)40(49(3)4)47-39-31(17-11-19-33(23-41)37(35(25-43)26-44)29-13-7-5-8-14-29)21-22-32(39)18-12-20-34(24-42)38(36(27-45)28-46)30-15-9-6-10-16-30/h5-20,35H,21-22H2,1-4H3/b18-12+,19-11+,31-17+,34-20+,37-33-. The van der Waals surface area contributed by atoms with E-state index in [1.165, 1.54) is 0 Å². The molecule has 2 aromatic carbocycles. The Bertz CT molecular complexity index is 2020. The fourth-order valence-electron chi connectivity index (χ4n) is 5.19. The van der Waals surface area contributed by atoms with E-state index >= 15 is 0 Å². The Kier molecular flexibility index (Phi) is 13.4. The van der Waals surface area contributed by atoms with E-state index < -0.39 is 5.92 Å². The zero-order valence-electron chi connectivity index (χ0n) is 27.8. The summed E-state index contributed by atoms with van der Waals surface area (Å²) >= 11 is 0. The summed E-state index contributed by atoms with van der Waals surface area (Å²) in [6.45, 7) is 0. The van der Waals surface area contributed by atoms with Crippen LogP contribution in [-0.2, 0) is 0 Å². The fraction of sp³-hybridized carbons (Fsp3) is 0.175. The van der Waals surface area contributed by atoms with Crippen molar-refractivity contribution in [3.63, 3.8) is 0 Å². The molecule has 2 aromatic rings. The highest BCUT2D eigenvalue weighted by Gasteiger charge is 2.21. The van der Waals surface area contributed by atoms with E-state index in [4.69, 9.17) is 4.99 Å². The highest BCUT2D eigenvalue weighted by Crippen LogP contribution is 2.35. The Balaban J connectivity index is 2.17. The quantitative estimate of drug-likeness (QED) is 0.121. The molecule has 0 saturated heterocycles. The van der Waals surface area contributed by atoms with E-state index in [1.54, 1.807) is 72.8 Å². The molecule has 0 atom stereocenters. The molecule has 0 bridgehead atoms. The van der Waals surface area contributed by atoms with E-state index in [9.17, 15) is 31.6 Å². The molecule has 0 N–H and O–H groups in total. The molecular weight excluding hydrogens is 607 g/mol. The molecule has 1 aliphatic rings. The van der Waals surface area contributed by atoms with Gasteiger partial charge in [-0.25, -0.2) is 4.99 Å². The number of nitrogens with zero attached hydrogens (tertiary/aromatic N) is 9. The maximum atomic E-state index is 10.0. The summed E-state index contributed by atoms with van der Waals surface area (Å²) in [5.74, 6) is -0.427. The van der Waals surface area contributed by atoms with Gasteiger partial charge < -0.3 is 9.80 Å². The number of nitriles is 6. The number of aliphatic imine (C=N–C) groups is 1. The molecule has 0 unspecified atom stereocenters. The lowest BCUT2D eigenvalue weighted by Crippen LogP contribution is -2.35. The predicted molar refractivity (Wildman–Crippen MR) is 189 cm³/mol. The fourth-order valence-corrected chi connectivity index (χ4v) is 5.19. The molecule has 0 spiro atoms. The number of allylic oxidation sites excluding steroid dienone is 13. The Labute approximate surface area is 288 Å². The summed E-state index contributed by atoms with van der Waals surface area (Å²) in [5, 5.41) is 58.6. The van der Waals surface area contributed by atoms with Crippen molar-refractivity contribution in [3.8, 4) is 36.4 Å². The van der Waals surface area contributed by atoms with E-state index in [2.05, 4.69) is 12.1 Å². The summed E-state index contributed by atoms with van der Waals surface area (Å²) in [4.78, 5) is 8.78. The van der Waals surface area contributed by atoms with Crippen molar-refractivity contribution in [3.05, 3.63) is 142 Å². The van der Waals surface area contributed by atoms with Crippen LogP contribution in [0.4, 0.5) is 0 Å². The molecule has 3 rings (SSSR count). The monoisotopic (exact) mass is 639 g/mol. The van der Waals surface area contributed by atoms with Gasteiger partial charge in [0.25, 0.3) is 0 Å². The average molecular weight is 640 g/mol. The van der Waals surface area contributed by atoms with Gasteiger partial charge in [0, 0.05) is 39.3 Å².